The molecule has 3 aromatic heterocycles. The molecule has 0 saturated carbocycles. The highest BCUT2D eigenvalue weighted by Gasteiger charge is 2.16. The van der Waals surface area contributed by atoms with Crippen molar-refractivity contribution in [3.8, 4) is 5.69 Å². The maximum atomic E-state index is 12.3. The highest BCUT2D eigenvalue weighted by Crippen LogP contribution is 2.16. The summed E-state index contributed by atoms with van der Waals surface area (Å²) in [4.78, 5) is 12.3. The van der Waals surface area contributed by atoms with E-state index in [0.29, 0.717) is 17.9 Å². The fraction of sp³-hybridized carbons (Fsp3) is 0.263. The summed E-state index contributed by atoms with van der Waals surface area (Å²) in [6, 6.07) is 6.95. The minimum atomic E-state index is -0.345. The second kappa shape index (κ2) is 7.78. The first-order valence-corrected chi connectivity index (χ1v) is 9.73. The Kier molecular flexibility index (Phi) is 4.68. The van der Waals surface area contributed by atoms with E-state index in [2.05, 4.69) is 40.8 Å². The number of carbonyl (C=O) groups is 1. The molecule has 1 aliphatic heterocycles. The number of carbonyl (C=O) groups excluding carboxylic acids is 1. The third-order valence-electron chi connectivity index (χ3n) is 4.94. The van der Waals surface area contributed by atoms with Gasteiger partial charge in [0.05, 0.1) is 30.0 Å². The quantitative estimate of drug-likeness (QED) is 0.525. The van der Waals surface area contributed by atoms with Crippen LogP contribution in [-0.2, 0) is 19.5 Å². The van der Waals surface area contributed by atoms with Crippen molar-refractivity contribution in [3.63, 3.8) is 0 Å². The second-order valence-electron chi connectivity index (χ2n) is 7.04. The van der Waals surface area contributed by atoms with Gasteiger partial charge in [-0.05, 0) is 37.1 Å². The molecule has 0 atom stereocenters. The smallest absolute Gasteiger partial charge is 0.313 e. The molecule has 0 aliphatic carbocycles. The lowest BCUT2D eigenvalue weighted by Gasteiger charge is -2.14. The Balaban J connectivity index is 1.19. The number of urea groups is 1. The van der Waals surface area contributed by atoms with E-state index in [1.54, 1.807) is 46.3 Å². The maximum Gasteiger partial charge on any atom is 0.323 e. The maximum absolute atomic E-state index is 12.3. The monoisotopic (exact) mass is 404 g/mol. The number of benzene rings is 1. The molecule has 0 unspecified atom stereocenters. The van der Waals surface area contributed by atoms with Crippen molar-refractivity contribution in [3.05, 3.63) is 60.7 Å². The first-order chi connectivity index (χ1) is 14.7. The van der Waals surface area contributed by atoms with E-state index in [-0.39, 0.29) is 6.03 Å². The zero-order chi connectivity index (χ0) is 20.3. The van der Waals surface area contributed by atoms with Crippen molar-refractivity contribution < 1.29 is 4.79 Å². The number of nitrogens with zero attached hydrogens (tertiary/aromatic N) is 8. The Bertz CT molecular complexity index is 1140. The van der Waals surface area contributed by atoms with E-state index < -0.39 is 0 Å². The van der Waals surface area contributed by atoms with Gasteiger partial charge in [-0.1, -0.05) is 5.21 Å². The molecule has 1 aromatic carbocycles. The summed E-state index contributed by atoms with van der Waals surface area (Å²) in [5, 5.41) is 26.2. The van der Waals surface area contributed by atoms with Crippen LogP contribution in [0.3, 0.4) is 0 Å². The zero-order valence-corrected chi connectivity index (χ0v) is 16.1. The molecule has 0 radical (unpaired) electrons. The summed E-state index contributed by atoms with van der Waals surface area (Å²) in [6.07, 6.45) is 10.0. The van der Waals surface area contributed by atoms with Crippen LogP contribution in [0.15, 0.2) is 49.1 Å². The zero-order valence-electron chi connectivity index (χ0n) is 16.1. The molecule has 152 valence electrons. The number of anilines is 2. The third kappa shape index (κ3) is 3.77. The normalized spacial score (nSPS) is 13.1. The lowest BCUT2D eigenvalue weighted by Crippen LogP contribution is -2.19. The molecule has 11 heteroatoms. The Morgan fingerprint density at radius 3 is 2.77 bits per heavy atom. The van der Waals surface area contributed by atoms with E-state index in [1.165, 1.54) is 0 Å². The van der Waals surface area contributed by atoms with Crippen LogP contribution in [-0.4, -0.2) is 45.6 Å². The number of amides is 2. The molecule has 2 amide bonds. The number of hydrogen-bond donors (Lipinski definition) is 2. The van der Waals surface area contributed by atoms with Crippen LogP contribution in [0.4, 0.5) is 16.2 Å². The largest absolute Gasteiger partial charge is 0.323 e. The first-order valence-electron chi connectivity index (χ1n) is 9.73. The standard InChI is InChI=1S/C19H20N10O/c30-19(22-14-4-6-16(7-5-14)29-10-8-20-26-29)23-15-11-21-27(12-15)13-18-25-24-17-3-1-2-9-28(17)18/h4-8,10-12H,1-3,9,13H2,(H2,22,23,30). The van der Waals surface area contributed by atoms with Gasteiger partial charge >= 0.3 is 6.03 Å². The number of aromatic nitrogens is 8. The van der Waals surface area contributed by atoms with Gasteiger partial charge < -0.3 is 15.2 Å². The van der Waals surface area contributed by atoms with Crippen LogP contribution in [0.25, 0.3) is 5.69 Å². The average Bonchev–Trinajstić information content (AvgIpc) is 3.51. The van der Waals surface area contributed by atoms with Crippen molar-refractivity contribution in [1.29, 1.82) is 0 Å². The Morgan fingerprint density at radius 2 is 1.93 bits per heavy atom. The van der Waals surface area contributed by atoms with Gasteiger partial charge in [0, 0.05) is 24.8 Å². The van der Waals surface area contributed by atoms with E-state index in [9.17, 15) is 4.79 Å². The average molecular weight is 404 g/mol. The number of fused-ring (bicyclic) bond motifs is 1. The van der Waals surface area contributed by atoms with Crippen molar-refractivity contribution >= 4 is 17.4 Å². The Morgan fingerprint density at radius 1 is 1.07 bits per heavy atom. The van der Waals surface area contributed by atoms with Gasteiger partial charge in [0.25, 0.3) is 0 Å². The molecule has 0 bridgehead atoms. The molecule has 0 fully saturated rings. The number of rotatable bonds is 5. The Hall–Kier alpha value is -4.02. The number of nitrogens with one attached hydrogen (secondary N) is 2. The topological polar surface area (TPSA) is 120 Å². The van der Waals surface area contributed by atoms with Gasteiger partial charge in [0.1, 0.15) is 12.4 Å². The summed E-state index contributed by atoms with van der Waals surface area (Å²) in [7, 11) is 0. The predicted molar refractivity (Wildman–Crippen MR) is 108 cm³/mol. The summed E-state index contributed by atoms with van der Waals surface area (Å²) in [5.41, 5.74) is 2.12. The minimum absolute atomic E-state index is 0.345. The van der Waals surface area contributed by atoms with E-state index in [0.717, 1.165) is 43.1 Å². The second-order valence-corrected chi connectivity index (χ2v) is 7.04. The van der Waals surface area contributed by atoms with Crippen LogP contribution in [0.5, 0.6) is 0 Å². The fourth-order valence-electron chi connectivity index (χ4n) is 3.48. The number of aryl methyl sites for hydroxylation is 1. The highest BCUT2D eigenvalue weighted by molar-refractivity contribution is 5.99. The van der Waals surface area contributed by atoms with E-state index in [1.807, 2.05) is 12.1 Å². The summed E-state index contributed by atoms with van der Waals surface area (Å²) >= 11 is 0. The molecule has 4 heterocycles. The molecule has 5 rings (SSSR count). The van der Waals surface area contributed by atoms with Gasteiger partial charge in [-0.2, -0.15) is 5.10 Å². The van der Waals surface area contributed by atoms with Crippen LogP contribution < -0.4 is 10.6 Å². The van der Waals surface area contributed by atoms with Gasteiger partial charge in [-0.3, -0.25) is 4.68 Å². The lowest BCUT2D eigenvalue weighted by molar-refractivity contribution is 0.262. The van der Waals surface area contributed by atoms with E-state index >= 15 is 0 Å². The van der Waals surface area contributed by atoms with Crippen LogP contribution in [0, 0.1) is 0 Å². The SMILES string of the molecule is O=C(Nc1ccc(-n2ccnn2)cc1)Nc1cnn(Cc2nnc3n2CCCC3)c1. The van der Waals surface area contributed by atoms with Gasteiger partial charge in [0.2, 0.25) is 0 Å². The molecule has 30 heavy (non-hydrogen) atoms. The van der Waals surface area contributed by atoms with Gasteiger partial charge in [-0.15, -0.1) is 15.3 Å². The van der Waals surface area contributed by atoms with Crippen molar-refractivity contribution in [1.82, 2.24) is 39.5 Å². The highest BCUT2D eigenvalue weighted by atomic mass is 16.2. The lowest BCUT2D eigenvalue weighted by atomic mass is 10.2. The third-order valence-corrected chi connectivity index (χ3v) is 4.94. The molecular formula is C19H20N10O. The molecular weight excluding hydrogens is 384 g/mol. The fourth-order valence-corrected chi connectivity index (χ4v) is 3.48. The molecule has 2 N–H and O–H groups in total. The van der Waals surface area contributed by atoms with Gasteiger partial charge in [-0.25, -0.2) is 9.48 Å². The van der Waals surface area contributed by atoms with Crippen LogP contribution in [0.2, 0.25) is 0 Å². The summed E-state index contributed by atoms with van der Waals surface area (Å²) in [6.45, 7) is 1.46. The van der Waals surface area contributed by atoms with Crippen LogP contribution in [0.1, 0.15) is 24.5 Å². The molecule has 1 aliphatic rings. The Labute approximate surface area is 171 Å². The van der Waals surface area contributed by atoms with Crippen molar-refractivity contribution in [2.24, 2.45) is 0 Å². The van der Waals surface area contributed by atoms with Crippen molar-refractivity contribution in [2.45, 2.75) is 32.4 Å². The first kappa shape index (κ1) is 18.0. The van der Waals surface area contributed by atoms with Crippen LogP contribution >= 0.6 is 0 Å². The molecule has 4 aromatic rings. The molecule has 11 nitrogen and oxygen atoms in total. The molecule has 0 saturated heterocycles. The van der Waals surface area contributed by atoms with E-state index in [4.69, 9.17) is 0 Å². The minimum Gasteiger partial charge on any atom is -0.313 e. The predicted octanol–water partition coefficient (Wildman–Crippen LogP) is 2.08. The molecule has 0 spiro atoms. The van der Waals surface area contributed by atoms with Crippen molar-refractivity contribution in [2.75, 3.05) is 10.6 Å². The number of hydrogen-bond acceptors (Lipinski definition) is 6. The summed E-state index contributed by atoms with van der Waals surface area (Å²) < 4.78 is 5.55. The van der Waals surface area contributed by atoms with Gasteiger partial charge in [0.15, 0.2) is 5.82 Å². The summed E-state index contributed by atoms with van der Waals surface area (Å²) in [5.74, 6) is 1.92.